The van der Waals surface area contributed by atoms with Crippen molar-refractivity contribution in [1.82, 2.24) is 10.2 Å². The molecule has 2 rings (SSSR count). The highest BCUT2D eigenvalue weighted by Crippen LogP contribution is 2.33. The van der Waals surface area contributed by atoms with Gasteiger partial charge < -0.3 is 11.1 Å². The number of hydrogen-bond acceptors (Lipinski definition) is 5. The summed E-state index contributed by atoms with van der Waals surface area (Å²) in [5, 5.41) is 8.54. The largest absolute Gasteiger partial charge is 0.445 e. The molecule has 0 aliphatic rings. The van der Waals surface area contributed by atoms with Gasteiger partial charge in [-0.3, -0.25) is 0 Å². The van der Waals surface area contributed by atoms with Crippen LogP contribution in [0.5, 0.6) is 0 Å². The molecule has 0 saturated heterocycles. The number of nitrogens with one attached hydrogen (secondary N) is 1. The zero-order chi connectivity index (χ0) is 13.9. The van der Waals surface area contributed by atoms with E-state index < -0.39 is 11.2 Å². The van der Waals surface area contributed by atoms with Gasteiger partial charge in [0.25, 0.3) is 0 Å². The molecule has 1 heterocycles. The van der Waals surface area contributed by atoms with E-state index in [0.717, 1.165) is 11.1 Å². The van der Waals surface area contributed by atoms with Crippen LogP contribution in [-0.2, 0) is 19.3 Å². The van der Waals surface area contributed by atoms with Crippen molar-refractivity contribution >= 4 is 16.5 Å². The second-order valence-corrected chi connectivity index (χ2v) is 4.76. The van der Waals surface area contributed by atoms with Gasteiger partial charge >= 0.3 is 6.18 Å². The molecule has 0 bridgehead atoms. The lowest BCUT2D eigenvalue weighted by atomic mass is 10.1. The standard InChI is InChI=1S/C11H11F3N4S/c12-11(13,14)9-17-18-10(19-9)16-6-8-3-1-7(5-15)2-4-8/h1-4H,5-6,15H2,(H,16,18). The Kier molecular flexibility index (Phi) is 4.01. The first-order valence-corrected chi connectivity index (χ1v) is 6.23. The third-order valence-electron chi connectivity index (χ3n) is 2.37. The number of hydrogen-bond donors (Lipinski definition) is 2. The zero-order valence-corrected chi connectivity index (χ0v) is 10.6. The Morgan fingerprint density at radius 1 is 1.11 bits per heavy atom. The fourth-order valence-electron chi connectivity index (χ4n) is 1.38. The molecule has 0 radical (unpaired) electrons. The predicted octanol–water partition coefficient (Wildman–Crippen LogP) is 2.63. The quantitative estimate of drug-likeness (QED) is 0.907. The molecule has 0 fully saturated rings. The Morgan fingerprint density at radius 3 is 2.26 bits per heavy atom. The normalized spacial score (nSPS) is 11.6. The number of rotatable bonds is 4. The molecule has 1 aromatic heterocycles. The van der Waals surface area contributed by atoms with Crippen LogP contribution in [0.3, 0.4) is 0 Å². The second kappa shape index (κ2) is 5.54. The maximum atomic E-state index is 12.3. The van der Waals surface area contributed by atoms with E-state index in [1.54, 1.807) is 0 Å². The third-order valence-corrected chi connectivity index (χ3v) is 3.30. The van der Waals surface area contributed by atoms with Crippen molar-refractivity contribution in [2.45, 2.75) is 19.3 Å². The first-order chi connectivity index (χ1) is 8.99. The van der Waals surface area contributed by atoms with Crippen LogP contribution < -0.4 is 11.1 Å². The minimum atomic E-state index is -4.44. The molecule has 0 amide bonds. The number of aromatic nitrogens is 2. The molecule has 1 aromatic carbocycles. The summed E-state index contributed by atoms with van der Waals surface area (Å²) in [6, 6.07) is 7.47. The van der Waals surface area contributed by atoms with E-state index in [9.17, 15) is 13.2 Å². The number of alkyl halides is 3. The molecule has 0 aliphatic carbocycles. The van der Waals surface area contributed by atoms with Crippen LogP contribution in [-0.4, -0.2) is 10.2 Å². The van der Waals surface area contributed by atoms with Gasteiger partial charge in [0.15, 0.2) is 0 Å². The number of nitrogens with zero attached hydrogens (tertiary/aromatic N) is 2. The minimum Gasteiger partial charge on any atom is -0.356 e. The summed E-state index contributed by atoms with van der Waals surface area (Å²) in [5.41, 5.74) is 7.40. The fraction of sp³-hybridized carbons (Fsp3) is 0.273. The van der Waals surface area contributed by atoms with E-state index in [2.05, 4.69) is 15.5 Å². The smallest absolute Gasteiger partial charge is 0.356 e. The summed E-state index contributed by atoms with van der Waals surface area (Å²) in [5.74, 6) is 0. The summed E-state index contributed by atoms with van der Waals surface area (Å²) in [6.45, 7) is 0.844. The van der Waals surface area contributed by atoms with Crippen LogP contribution in [0, 0.1) is 0 Å². The monoisotopic (exact) mass is 288 g/mol. The van der Waals surface area contributed by atoms with Gasteiger partial charge in [0.2, 0.25) is 10.1 Å². The molecule has 0 unspecified atom stereocenters. The summed E-state index contributed by atoms with van der Waals surface area (Å²) in [7, 11) is 0. The lowest BCUT2D eigenvalue weighted by Crippen LogP contribution is -2.03. The molecule has 0 aliphatic heterocycles. The highest BCUT2D eigenvalue weighted by atomic mass is 32.1. The van der Waals surface area contributed by atoms with Gasteiger partial charge in [0.05, 0.1) is 0 Å². The van der Waals surface area contributed by atoms with Gasteiger partial charge in [0, 0.05) is 13.1 Å². The maximum Gasteiger partial charge on any atom is 0.445 e. The van der Waals surface area contributed by atoms with Gasteiger partial charge in [-0.05, 0) is 11.1 Å². The fourth-order valence-corrected chi connectivity index (χ4v) is 1.99. The van der Waals surface area contributed by atoms with Crippen LogP contribution in [0.2, 0.25) is 0 Å². The highest BCUT2D eigenvalue weighted by Gasteiger charge is 2.35. The van der Waals surface area contributed by atoms with Crippen LogP contribution in [0.1, 0.15) is 16.1 Å². The molecule has 19 heavy (non-hydrogen) atoms. The first-order valence-electron chi connectivity index (χ1n) is 5.41. The van der Waals surface area contributed by atoms with Crippen LogP contribution in [0.25, 0.3) is 0 Å². The SMILES string of the molecule is NCc1ccc(CNc2nnc(C(F)(F)F)s2)cc1. The van der Waals surface area contributed by atoms with Crippen LogP contribution in [0.15, 0.2) is 24.3 Å². The van der Waals surface area contributed by atoms with Gasteiger partial charge in [-0.1, -0.05) is 35.6 Å². The van der Waals surface area contributed by atoms with Crippen molar-refractivity contribution in [2.24, 2.45) is 5.73 Å². The Balaban J connectivity index is 1.96. The zero-order valence-electron chi connectivity index (χ0n) is 9.74. The van der Waals surface area contributed by atoms with E-state index in [1.807, 2.05) is 24.3 Å². The lowest BCUT2D eigenvalue weighted by molar-refractivity contribution is -0.138. The molecular formula is C11H11F3N4S. The van der Waals surface area contributed by atoms with Crippen molar-refractivity contribution in [1.29, 1.82) is 0 Å². The van der Waals surface area contributed by atoms with E-state index in [0.29, 0.717) is 24.4 Å². The summed E-state index contributed by atoms with van der Waals surface area (Å²) in [6.07, 6.45) is -4.44. The number of benzene rings is 1. The molecule has 3 N–H and O–H groups in total. The first kappa shape index (κ1) is 13.8. The van der Waals surface area contributed by atoms with Gasteiger partial charge in [-0.15, -0.1) is 10.2 Å². The van der Waals surface area contributed by atoms with E-state index in [1.165, 1.54) is 0 Å². The van der Waals surface area contributed by atoms with Crippen molar-refractivity contribution < 1.29 is 13.2 Å². The molecule has 4 nitrogen and oxygen atoms in total. The van der Waals surface area contributed by atoms with Crippen molar-refractivity contribution in [3.05, 3.63) is 40.4 Å². The second-order valence-electron chi connectivity index (χ2n) is 3.78. The third kappa shape index (κ3) is 3.65. The molecule has 0 spiro atoms. The molecule has 2 aromatic rings. The molecule has 0 atom stereocenters. The van der Waals surface area contributed by atoms with E-state index >= 15 is 0 Å². The average molecular weight is 288 g/mol. The Labute approximate surface area is 111 Å². The van der Waals surface area contributed by atoms with Crippen molar-refractivity contribution in [3.8, 4) is 0 Å². The number of anilines is 1. The Hall–Kier alpha value is -1.67. The number of nitrogens with two attached hydrogens (primary N) is 1. The Morgan fingerprint density at radius 2 is 1.74 bits per heavy atom. The van der Waals surface area contributed by atoms with Crippen molar-refractivity contribution in [2.75, 3.05) is 5.32 Å². The van der Waals surface area contributed by atoms with Crippen LogP contribution >= 0.6 is 11.3 Å². The van der Waals surface area contributed by atoms with E-state index in [-0.39, 0.29) is 5.13 Å². The van der Waals surface area contributed by atoms with Crippen molar-refractivity contribution in [3.63, 3.8) is 0 Å². The van der Waals surface area contributed by atoms with Gasteiger partial charge in [0.1, 0.15) is 0 Å². The predicted molar refractivity (Wildman–Crippen MR) is 66.6 cm³/mol. The summed E-state index contributed by atoms with van der Waals surface area (Å²) in [4.78, 5) is 0. The molecular weight excluding hydrogens is 277 g/mol. The minimum absolute atomic E-state index is 0.148. The summed E-state index contributed by atoms with van der Waals surface area (Å²) >= 11 is 0.488. The molecule has 102 valence electrons. The van der Waals surface area contributed by atoms with Gasteiger partial charge in [-0.25, -0.2) is 0 Å². The van der Waals surface area contributed by atoms with E-state index in [4.69, 9.17) is 5.73 Å². The lowest BCUT2D eigenvalue weighted by Gasteiger charge is -2.03. The van der Waals surface area contributed by atoms with Crippen LogP contribution in [0.4, 0.5) is 18.3 Å². The number of halogens is 3. The highest BCUT2D eigenvalue weighted by molar-refractivity contribution is 7.15. The molecule has 8 heteroatoms. The summed E-state index contributed by atoms with van der Waals surface area (Å²) < 4.78 is 36.9. The average Bonchev–Trinajstić information content (AvgIpc) is 2.86. The van der Waals surface area contributed by atoms with Gasteiger partial charge in [-0.2, -0.15) is 13.2 Å². The maximum absolute atomic E-state index is 12.3. The topological polar surface area (TPSA) is 63.8 Å². The Bertz CT molecular complexity index is 536. The molecule has 0 saturated carbocycles.